The zero-order valence-corrected chi connectivity index (χ0v) is 19.8. The van der Waals surface area contributed by atoms with Crippen LogP contribution >= 0.6 is 0 Å². The normalized spacial score (nSPS) is 24.4. The van der Waals surface area contributed by atoms with Gasteiger partial charge >= 0.3 is 0 Å². The van der Waals surface area contributed by atoms with Gasteiger partial charge in [-0.1, -0.05) is 91.0 Å². The molecule has 0 bridgehead atoms. The summed E-state index contributed by atoms with van der Waals surface area (Å²) >= 11 is 0. The third kappa shape index (κ3) is 3.35. The van der Waals surface area contributed by atoms with Crippen molar-refractivity contribution in [3.8, 4) is 5.75 Å². The van der Waals surface area contributed by atoms with Crippen LogP contribution < -0.4 is 15.4 Å². The van der Waals surface area contributed by atoms with Gasteiger partial charge in [0.05, 0.1) is 13.0 Å². The number of ether oxygens (including phenoxy) is 1. The largest absolute Gasteiger partial charge is 0.497 e. The summed E-state index contributed by atoms with van der Waals surface area (Å²) in [6.07, 6.45) is 0. The third-order valence-electron chi connectivity index (χ3n) is 7.53. The minimum Gasteiger partial charge on any atom is -0.497 e. The average Bonchev–Trinajstić information content (AvgIpc) is 3.44. The average molecular weight is 475 g/mol. The van der Waals surface area contributed by atoms with Crippen molar-refractivity contribution < 1.29 is 14.3 Å². The zero-order chi connectivity index (χ0) is 24.7. The van der Waals surface area contributed by atoms with Gasteiger partial charge in [0.1, 0.15) is 11.3 Å². The first-order valence-corrected chi connectivity index (χ1v) is 12.1. The lowest BCUT2D eigenvalue weighted by Gasteiger charge is -2.31. The summed E-state index contributed by atoms with van der Waals surface area (Å²) in [7, 11) is 1.63. The molecule has 2 N–H and O–H groups in total. The second-order valence-electron chi connectivity index (χ2n) is 9.35. The first-order chi connectivity index (χ1) is 17.6. The van der Waals surface area contributed by atoms with Crippen LogP contribution in [0.15, 0.2) is 109 Å². The van der Waals surface area contributed by atoms with Gasteiger partial charge in [0.15, 0.2) is 5.78 Å². The topological polar surface area (TPSA) is 67.4 Å². The van der Waals surface area contributed by atoms with Crippen molar-refractivity contribution in [2.45, 2.75) is 17.5 Å². The number of rotatable bonds is 5. The van der Waals surface area contributed by atoms with Gasteiger partial charge < -0.3 is 10.1 Å². The van der Waals surface area contributed by atoms with E-state index in [-0.39, 0.29) is 23.7 Å². The van der Waals surface area contributed by atoms with E-state index in [1.54, 1.807) is 7.11 Å². The molecule has 0 aromatic heterocycles. The predicted octanol–water partition coefficient (Wildman–Crippen LogP) is 5.47. The van der Waals surface area contributed by atoms with Crippen molar-refractivity contribution in [1.82, 2.24) is 5.32 Å². The van der Waals surface area contributed by atoms with Gasteiger partial charge in [-0.25, -0.2) is 0 Å². The summed E-state index contributed by atoms with van der Waals surface area (Å²) in [6.45, 7) is 0. The standard InChI is InChI=1S/C31H26N2O3/c1-36-23-18-16-20(17-19-23)26-27(29(34)22-12-6-3-7-13-22)31(33-28(26)21-10-4-2-5-11-21)24-14-8-9-15-25(24)32-30(31)35/h2-19,26-28,33H,1H3,(H,32,35)/t26-,27?,28+,31?/m0/s1. The number of amides is 1. The smallest absolute Gasteiger partial charge is 0.250 e. The second kappa shape index (κ2) is 8.77. The molecule has 0 aliphatic carbocycles. The first kappa shape index (κ1) is 22.3. The molecule has 5 nitrogen and oxygen atoms in total. The molecule has 2 aliphatic heterocycles. The number of carbonyl (C=O) groups is 2. The monoisotopic (exact) mass is 474 g/mol. The van der Waals surface area contributed by atoms with Crippen molar-refractivity contribution in [3.05, 3.63) is 131 Å². The van der Waals surface area contributed by atoms with E-state index in [4.69, 9.17) is 4.74 Å². The van der Waals surface area contributed by atoms with Gasteiger partial charge in [-0.15, -0.1) is 0 Å². The van der Waals surface area contributed by atoms with Gasteiger partial charge in [0.2, 0.25) is 5.91 Å². The number of Topliss-reactive ketones (excluding diaryl/α,β-unsaturated/α-hetero) is 1. The fraction of sp³-hybridized carbons (Fsp3) is 0.161. The van der Waals surface area contributed by atoms with Crippen LogP contribution in [0.3, 0.4) is 0 Å². The van der Waals surface area contributed by atoms with Gasteiger partial charge in [0.25, 0.3) is 0 Å². The van der Waals surface area contributed by atoms with Crippen LogP contribution in [0.5, 0.6) is 5.75 Å². The Morgan fingerprint density at radius 3 is 2.11 bits per heavy atom. The maximum atomic E-state index is 14.4. The van der Waals surface area contributed by atoms with Crippen molar-refractivity contribution in [1.29, 1.82) is 0 Å². The molecule has 1 spiro atoms. The third-order valence-corrected chi connectivity index (χ3v) is 7.53. The Kier molecular flexibility index (Phi) is 5.42. The van der Waals surface area contributed by atoms with Crippen LogP contribution in [0.1, 0.15) is 39.0 Å². The van der Waals surface area contributed by atoms with Crippen molar-refractivity contribution >= 4 is 17.4 Å². The minimum atomic E-state index is -1.21. The second-order valence-corrected chi connectivity index (χ2v) is 9.35. The van der Waals surface area contributed by atoms with Crippen LogP contribution in [-0.2, 0) is 10.3 Å². The Bertz CT molecular complexity index is 1420. The molecule has 5 heteroatoms. The Morgan fingerprint density at radius 1 is 0.778 bits per heavy atom. The van der Waals surface area contributed by atoms with E-state index in [0.29, 0.717) is 5.56 Å². The lowest BCUT2D eigenvalue weighted by molar-refractivity contribution is -0.122. The highest BCUT2D eigenvalue weighted by Gasteiger charge is 2.64. The summed E-state index contributed by atoms with van der Waals surface area (Å²) in [5.74, 6) is -0.500. The van der Waals surface area contributed by atoms with Crippen LogP contribution in [0.4, 0.5) is 5.69 Å². The Morgan fingerprint density at radius 2 is 1.42 bits per heavy atom. The fourth-order valence-corrected chi connectivity index (χ4v) is 5.92. The molecule has 1 fully saturated rings. The Labute approximate surface area is 210 Å². The van der Waals surface area contributed by atoms with Crippen LogP contribution in [0.25, 0.3) is 0 Å². The Hall–Kier alpha value is -4.22. The maximum Gasteiger partial charge on any atom is 0.250 e. The van der Waals surface area contributed by atoms with Crippen molar-refractivity contribution in [2.75, 3.05) is 12.4 Å². The summed E-state index contributed by atoms with van der Waals surface area (Å²) in [6, 6.07) is 34.6. The summed E-state index contributed by atoms with van der Waals surface area (Å²) < 4.78 is 5.40. The van der Waals surface area contributed by atoms with Gasteiger partial charge in [-0.2, -0.15) is 0 Å². The molecule has 36 heavy (non-hydrogen) atoms. The van der Waals surface area contributed by atoms with Gasteiger partial charge in [-0.3, -0.25) is 14.9 Å². The molecular weight excluding hydrogens is 448 g/mol. The SMILES string of the molecule is COc1ccc([C@H]2C(C(=O)c3ccccc3)C3(N[C@@H]2c2ccccc2)C(=O)Nc2ccccc23)cc1. The van der Waals surface area contributed by atoms with E-state index in [2.05, 4.69) is 22.8 Å². The molecule has 2 heterocycles. The van der Waals surface area contributed by atoms with E-state index in [1.165, 1.54) is 0 Å². The molecule has 0 radical (unpaired) electrons. The van der Waals surface area contributed by atoms with Crippen molar-refractivity contribution in [2.24, 2.45) is 5.92 Å². The molecule has 4 aromatic carbocycles. The highest BCUT2D eigenvalue weighted by atomic mass is 16.5. The van der Waals surface area contributed by atoms with E-state index >= 15 is 0 Å². The Balaban J connectivity index is 1.61. The molecule has 178 valence electrons. The molecule has 1 amide bonds. The molecule has 4 atom stereocenters. The molecule has 0 saturated carbocycles. The molecule has 2 unspecified atom stereocenters. The highest BCUT2D eigenvalue weighted by molar-refractivity contribution is 6.12. The number of carbonyl (C=O) groups excluding carboxylic acids is 2. The molecule has 6 rings (SSSR count). The zero-order valence-electron chi connectivity index (χ0n) is 19.8. The predicted molar refractivity (Wildman–Crippen MR) is 139 cm³/mol. The number of hydrogen-bond donors (Lipinski definition) is 2. The highest BCUT2D eigenvalue weighted by Crippen LogP contribution is 2.57. The summed E-state index contributed by atoms with van der Waals surface area (Å²) in [5.41, 5.74) is 2.92. The number of nitrogens with one attached hydrogen (secondary N) is 2. The molecular formula is C31H26N2O3. The van der Waals surface area contributed by atoms with Crippen molar-refractivity contribution in [3.63, 3.8) is 0 Å². The van der Waals surface area contributed by atoms with E-state index in [0.717, 1.165) is 28.1 Å². The lowest BCUT2D eigenvalue weighted by atomic mass is 9.69. The first-order valence-electron chi connectivity index (χ1n) is 12.1. The van der Waals surface area contributed by atoms with E-state index < -0.39 is 11.5 Å². The van der Waals surface area contributed by atoms with Crippen LogP contribution in [-0.4, -0.2) is 18.8 Å². The van der Waals surface area contributed by atoms with E-state index in [1.807, 2.05) is 97.1 Å². The van der Waals surface area contributed by atoms with Gasteiger partial charge in [-0.05, 0) is 29.3 Å². The summed E-state index contributed by atoms with van der Waals surface area (Å²) in [5, 5.41) is 6.76. The van der Waals surface area contributed by atoms with Gasteiger partial charge in [0, 0.05) is 28.8 Å². The number of fused-ring (bicyclic) bond motifs is 2. The maximum absolute atomic E-state index is 14.4. The molecule has 2 aliphatic rings. The van der Waals surface area contributed by atoms with Crippen LogP contribution in [0, 0.1) is 5.92 Å². The number of ketones is 1. The number of hydrogen-bond acceptors (Lipinski definition) is 4. The quantitative estimate of drug-likeness (QED) is 0.377. The number of methoxy groups -OCH3 is 1. The number of para-hydroxylation sites is 1. The van der Waals surface area contributed by atoms with E-state index in [9.17, 15) is 9.59 Å². The lowest BCUT2D eigenvalue weighted by Crippen LogP contribution is -2.50. The van der Waals surface area contributed by atoms with Crippen LogP contribution in [0.2, 0.25) is 0 Å². The molecule has 1 saturated heterocycles. The summed E-state index contributed by atoms with van der Waals surface area (Å²) in [4.78, 5) is 28.3. The number of anilines is 1. The number of benzene rings is 4. The minimum absolute atomic E-state index is 0.0609. The fourth-order valence-electron chi connectivity index (χ4n) is 5.92. The molecule has 4 aromatic rings.